The van der Waals surface area contributed by atoms with Crippen LogP contribution < -0.4 is 21.7 Å². The molecule has 0 fully saturated rings. The van der Waals surface area contributed by atoms with Gasteiger partial charge in [0.15, 0.2) is 0 Å². The maximum absolute atomic E-state index is 13.0. The Hall–Kier alpha value is -3.74. The molecule has 0 bridgehead atoms. The molecule has 34 heavy (non-hydrogen) atoms. The van der Waals surface area contributed by atoms with Crippen LogP contribution in [-0.4, -0.2) is 24.9 Å². The number of nitrogens with one attached hydrogen (secondary N) is 3. The lowest BCUT2D eigenvalue weighted by atomic mass is 9.98. The molecule has 2 amide bonds. The van der Waals surface area contributed by atoms with Crippen molar-refractivity contribution in [2.45, 2.75) is 26.8 Å². The summed E-state index contributed by atoms with van der Waals surface area (Å²) >= 11 is 0. The Bertz CT molecular complexity index is 1230. The summed E-state index contributed by atoms with van der Waals surface area (Å²) in [5.41, 5.74) is 13.1. The van der Waals surface area contributed by atoms with Gasteiger partial charge in [-0.2, -0.15) is 0 Å². The summed E-state index contributed by atoms with van der Waals surface area (Å²) in [6.45, 7) is 6.01. The van der Waals surface area contributed by atoms with E-state index < -0.39 is 0 Å². The summed E-state index contributed by atoms with van der Waals surface area (Å²) < 4.78 is 0. The fraction of sp³-hybridized carbons (Fsp3) is 0.214. The molecular formula is C28H30N4O2. The Morgan fingerprint density at radius 2 is 1.38 bits per heavy atom. The second-order valence-electron chi connectivity index (χ2n) is 8.55. The van der Waals surface area contributed by atoms with Crippen molar-refractivity contribution < 1.29 is 9.59 Å². The van der Waals surface area contributed by atoms with Gasteiger partial charge < -0.3 is 21.7 Å². The van der Waals surface area contributed by atoms with Crippen molar-refractivity contribution in [2.75, 3.05) is 23.7 Å². The molecule has 6 nitrogen and oxygen atoms in total. The quantitative estimate of drug-likeness (QED) is 0.436. The Morgan fingerprint density at radius 3 is 1.85 bits per heavy atom. The number of nitrogens with two attached hydrogens (primary N) is 1. The molecular weight excluding hydrogens is 424 g/mol. The van der Waals surface area contributed by atoms with Crippen LogP contribution in [0.4, 0.5) is 11.4 Å². The molecule has 0 aliphatic carbocycles. The van der Waals surface area contributed by atoms with Gasteiger partial charge in [-0.1, -0.05) is 30.3 Å². The molecule has 0 aromatic heterocycles. The molecule has 1 aliphatic heterocycles. The SMILES string of the molecule is Cc1cc(C(=O)Nc2ccc(C3=CCNCC3)cc2)c(C)cc1C(=O)Nc1ccc(CN)cc1. The number of anilines is 2. The van der Waals surface area contributed by atoms with Crippen LogP contribution in [0.5, 0.6) is 0 Å². The third-order valence-electron chi connectivity index (χ3n) is 6.09. The lowest BCUT2D eigenvalue weighted by molar-refractivity contribution is 0.101. The van der Waals surface area contributed by atoms with Gasteiger partial charge in [0.05, 0.1) is 0 Å². The summed E-state index contributed by atoms with van der Waals surface area (Å²) in [7, 11) is 0. The average molecular weight is 455 g/mol. The van der Waals surface area contributed by atoms with Gasteiger partial charge in [0.25, 0.3) is 11.8 Å². The standard InChI is InChI=1S/C28H30N4O2/c1-18-16-26(19(2)15-25(18)27(33)31-23-7-3-20(17-29)4-8-23)28(34)32-24-9-5-21(6-10-24)22-11-13-30-14-12-22/h3-11,15-16,30H,12-14,17,29H2,1-2H3,(H,31,33)(H,32,34). The molecule has 174 valence electrons. The molecule has 1 aliphatic rings. The predicted octanol–water partition coefficient (Wildman–Crippen LogP) is 4.64. The van der Waals surface area contributed by atoms with Gasteiger partial charge in [0.2, 0.25) is 0 Å². The first-order chi connectivity index (χ1) is 16.4. The molecule has 0 saturated carbocycles. The molecule has 3 aromatic carbocycles. The van der Waals surface area contributed by atoms with Crippen molar-refractivity contribution in [1.82, 2.24) is 5.32 Å². The number of hydrogen-bond acceptors (Lipinski definition) is 4. The summed E-state index contributed by atoms with van der Waals surface area (Å²) in [6.07, 6.45) is 3.21. The number of amides is 2. The van der Waals surface area contributed by atoms with Crippen LogP contribution in [0.2, 0.25) is 0 Å². The summed E-state index contributed by atoms with van der Waals surface area (Å²) in [5, 5.41) is 9.20. The van der Waals surface area contributed by atoms with E-state index >= 15 is 0 Å². The number of carbonyl (C=O) groups excluding carboxylic acids is 2. The number of rotatable bonds is 6. The Balaban J connectivity index is 1.45. The van der Waals surface area contributed by atoms with E-state index in [0.717, 1.165) is 41.9 Å². The van der Waals surface area contributed by atoms with Crippen molar-refractivity contribution in [1.29, 1.82) is 0 Å². The van der Waals surface area contributed by atoms with E-state index in [2.05, 4.69) is 22.0 Å². The third kappa shape index (κ3) is 5.42. The minimum Gasteiger partial charge on any atom is -0.326 e. The van der Waals surface area contributed by atoms with Gasteiger partial charge in [-0.05, 0) is 91.0 Å². The molecule has 1 heterocycles. The second-order valence-corrected chi connectivity index (χ2v) is 8.55. The Morgan fingerprint density at radius 1 is 0.853 bits per heavy atom. The zero-order valence-corrected chi connectivity index (χ0v) is 19.6. The van der Waals surface area contributed by atoms with Crippen LogP contribution in [0.25, 0.3) is 5.57 Å². The predicted molar refractivity (Wildman–Crippen MR) is 138 cm³/mol. The summed E-state index contributed by atoms with van der Waals surface area (Å²) in [4.78, 5) is 25.8. The molecule has 0 spiro atoms. The minimum absolute atomic E-state index is 0.196. The van der Waals surface area contributed by atoms with Crippen LogP contribution in [0.1, 0.15) is 49.4 Å². The first kappa shape index (κ1) is 23.4. The van der Waals surface area contributed by atoms with Gasteiger partial charge in [0, 0.05) is 35.6 Å². The van der Waals surface area contributed by atoms with E-state index in [1.54, 1.807) is 12.1 Å². The van der Waals surface area contributed by atoms with Crippen LogP contribution in [0.3, 0.4) is 0 Å². The monoisotopic (exact) mass is 454 g/mol. The summed E-state index contributed by atoms with van der Waals surface area (Å²) in [5.74, 6) is -0.408. The highest BCUT2D eigenvalue weighted by Gasteiger charge is 2.16. The second kappa shape index (κ2) is 10.5. The number of aryl methyl sites for hydroxylation is 2. The molecule has 0 saturated heterocycles. The zero-order valence-electron chi connectivity index (χ0n) is 19.6. The zero-order chi connectivity index (χ0) is 24.1. The normalized spacial score (nSPS) is 13.2. The fourth-order valence-electron chi connectivity index (χ4n) is 4.08. The topological polar surface area (TPSA) is 96.2 Å². The van der Waals surface area contributed by atoms with E-state index in [0.29, 0.717) is 23.4 Å². The average Bonchev–Trinajstić information content (AvgIpc) is 2.86. The highest BCUT2D eigenvalue weighted by atomic mass is 16.2. The molecule has 0 unspecified atom stereocenters. The molecule has 6 heteroatoms. The lowest BCUT2D eigenvalue weighted by Crippen LogP contribution is -2.20. The molecule has 4 rings (SSSR count). The smallest absolute Gasteiger partial charge is 0.255 e. The van der Waals surface area contributed by atoms with Crippen LogP contribution in [-0.2, 0) is 6.54 Å². The van der Waals surface area contributed by atoms with Gasteiger partial charge >= 0.3 is 0 Å². The van der Waals surface area contributed by atoms with Gasteiger partial charge in [-0.15, -0.1) is 0 Å². The van der Waals surface area contributed by atoms with Crippen molar-refractivity contribution in [3.63, 3.8) is 0 Å². The first-order valence-corrected chi connectivity index (χ1v) is 11.5. The van der Waals surface area contributed by atoms with E-state index in [1.807, 2.05) is 62.4 Å². The third-order valence-corrected chi connectivity index (χ3v) is 6.09. The molecule has 3 aromatic rings. The minimum atomic E-state index is -0.212. The van der Waals surface area contributed by atoms with Gasteiger partial charge in [0.1, 0.15) is 0 Å². The van der Waals surface area contributed by atoms with Crippen LogP contribution >= 0.6 is 0 Å². The highest BCUT2D eigenvalue weighted by Crippen LogP contribution is 2.23. The Labute approximate surface area is 200 Å². The summed E-state index contributed by atoms with van der Waals surface area (Å²) in [6, 6.07) is 18.9. The molecule has 0 radical (unpaired) electrons. The van der Waals surface area contributed by atoms with Gasteiger partial charge in [-0.25, -0.2) is 0 Å². The van der Waals surface area contributed by atoms with E-state index in [1.165, 1.54) is 11.1 Å². The van der Waals surface area contributed by atoms with E-state index in [-0.39, 0.29) is 11.8 Å². The first-order valence-electron chi connectivity index (χ1n) is 11.5. The number of carbonyl (C=O) groups is 2. The van der Waals surface area contributed by atoms with Crippen molar-refractivity contribution in [3.8, 4) is 0 Å². The highest BCUT2D eigenvalue weighted by molar-refractivity contribution is 6.09. The van der Waals surface area contributed by atoms with Gasteiger partial charge in [-0.3, -0.25) is 9.59 Å². The number of benzene rings is 3. The maximum Gasteiger partial charge on any atom is 0.255 e. The molecule has 5 N–H and O–H groups in total. The Kier molecular flexibility index (Phi) is 7.21. The van der Waals surface area contributed by atoms with E-state index in [4.69, 9.17) is 5.73 Å². The van der Waals surface area contributed by atoms with Crippen molar-refractivity contribution in [3.05, 3.63) is 100 Å². The van der Waals surface area contributed by atoms with Crippen LogP contribution in [0, 0.1) is 13.8 Å². The van der Waals surface area contributed by atoms with Crippen molar-refractivity contribution in [2.24, 2.45) is 5.73 Å². The van der Waals surface area contributed by atoms with Crippen LogP contribution in [0.15, 0.2) is 66.7 Å². The fourth-order valence-corrected chi connectivity index (χ4v) is 4.08. The van der Waals surface area contributed by atoms with Crippen molar-refractivity contribution >= 4 is 28.8 Å². The lowest BCUT2D eigenvalue weighted by Gasteiger charge is -2.15. The molecule has 0 atom stereocenters. The van der Waals surface area contributed by atoms with E-state index in [9.17, 15) is 9.59 Å². The maximum atomic E-state index is 13.0. The largest absolute Gasteiger partial charge is 0.326 e. The number of hydrogen-bond donors (Lipinski definition) is 4.